The van der Waals surface area contributed by atoms with Crippen molar-refractivity contribution in [1.82, 2.24) is 4.90 Å². The Hall–Kier alpha value is -0.0800. The third kappa shape index (κ3) is 4.26. The monoisotopic (exact) mass is 239 g/mol. The Balaban J connectivity index is 1.61. The molecule has 2 atom stereocenters. The van der Waals surface area contributed by atoms with Crippen LogP contribution in [-0.2, 0) is 0 Å². The maximum atomic E-state index is 9.67. The standard InChI is InChI=1S/C15H29NO/c1-13(17)15-9-5-11-16(12-15)10-4-8-14-6-2-3-7-14/h13-15,17H,2-12H2,1H3. The number of aliphatic hydroxyl groups excluding tert-OH is 1. The molecule has 1 aliphatic carbocycles. The van der Waals surface area contributed by atoms with Crippen molar-refractivity contribution in [2.24, 2.45) is 11.8 Å². The molecule has 0 radical (unpaired) electrons. The molecule has 2 unspecified atom stereocenters. The summed E-state index contributed by atoms with van der Waals surface area (Å²) in [5.74, 6) is 1.56. The summed E-state index contributed by atoms with van der Waals surface area (Å²) in [5.41, 5.74) is 0. The Morgan fingerprint density at radius 3 is 2.65 bits per heavy atom. The molecular formula is C15H29NO. The van der Waals surface area contributed by atoms with Crippen molar-refractivity contribution in [2.75, 3.05) is 19.6 Å². The number of aliphatic hydroxyl groups is 1. The largest absolute Gasteiger partial charge is 0.393 e. The van der Waals surface area contributed by atoms with E-state index in [2.05, 4.69) is 4.90 Å². The van der Waals surface area contributed by atoms with Crippen molar-refractivity contribution in [1.29, 1.82) is 0 Å². The number of nitrogens with zero attached hydrogens (tertiary/aromatic N) is 1. The van der Waals surface area contributed by atoms with Gasteiger partial charge in [-0.2, -0.15) is 0 Å². The van der Waals surface area contributed by atoms with Crippen LogP contribution in [0.15, 0.2) is 0 Å². The average Bonchev–Trinajstić information content (AvgIpc) is 2.82. The normalized spacial score (nSPS) is 29.6. The van der Waals surface area contributed by atoms with Crippen LogP contribution in [0.1, 0.15) is 58.3 Å². The van der Waals surface area contributed by atoms with E-state index < -0.39 is 0 Å². The second-order valence-corrected chi connectivity index (χ2v) is 6.24. The predicted octanol–water partition coefficient (Wildman–Crippen LogP) is 3.05. The SMILES string of the molecule is CC(O)C1CCCN(CCCC2CCCC2)C1. The van der Waals surface area contributed by atoms with E-state index in [-0.39, 0.29) is 6.10 Å². The number of hydrogen-bond acceptors (Lipinski definition) is 2. The molecule has 100 valence electrons. The molecule has 2 fully saturated rings. The molecule has 0 amide bonds. The quantitative estimate of drug-likeness (QED) is 0.797. The van der Waals surface area contributed by atoms with Gasteiger partial charge in [-0.05, 0) is 57.5 Å². The van der Waals surface area contributed by atoms with Gasteiger partial charge >= 0.3 is 0 Å². The first-order valence-corrected chi connectivity index (χ1v) is 7.66. The van der Waals surface area contributed by atoms with E-state index in [1.807, 2.05) is 6.92 Å². The highest BCUT2D eigenvalue weighted by atomic mass is 16.3. The summed E-state index contributed by atoms with van der Waals surface area (Å²) < 4.78 is 0. The minimum Gasteiger partial charge on any atom is -0.393 e. The summed E-state index contributed by atoms with van der Waals surface area (Å²) in [6, 6.07) is 0. The molecule has 0 aromatic rings. The molecule has 0 spiro atoms. The number of hydrogen-bond donors (Lipinski definition) is 1. The molecule has 2 rings (SSSR count). The van der Waals surface area contributed by atoms with E-state index >= 15 is 0 Å². The zero-order valence-corrected chi connectivity index (χ0v) is 11.4. The molecule has 2 nitrogen and oxygen atoms in total. The first-order valence-electron chi connectivity index (χ1n) is 7.66. The van der Waals surface area contributed by atoms with E-state index in [9.17, 15) is 5.11 Å². The van der Waals surface area contributed by atoms with Crippen molar-refractivity contribution < 1.29 is 5.11 Å². The molecule has 0 aromatic carbocycles. The molecule has 1 saturated carbocycles. The summed E-state index contributed by atoms with van der Waals surface area (Å²) in [6.07, 6.45) is 11.1. The zero-order valence-electron chi connectivity index (χ0n) is 11.4. The third-order valence-corrected chi connectivity index (χ3v) is 4.79. The lowest BCUT2D eigenvalue weighted by Gasteiger charge is -2.34. The Bertz CT molecular complexity index is 211. The highest BCUT2D eigenvalue weighted by molar-refractivity contribution is 4.76. The van der Waals surface area contributed by atoms with Gasteiger partial charge in [-0.1, -0.05) is 25.7 Å². The van der Waals surface area contributed by atoms with Gasteiger partial charge in [-0.15, -0.1) is 0 Å². The Morgan fingerprint density at radius 2 is 1.94 bits per heavy atom. The molecule has 1 aliphatic heterocycles. The van der Waals surface area contributed by atoms with Gasteiger partial charge in [0.1, 0.15) is 0 Å². The molecule has 2 aliphatic rings. The van der Waals surface area contributed by atoms with Crippen LogP contribution >= 0.6 is 0 Å². The van der Waals surface area contributed by atoms with E-state index in [4.69, 9.17) is 0 Å². The molecule has 1 heterocycles. The van der Waals surface area contributed by atoms with Gasteiger partial charge in [0.15, 0.2) is 0 Å². The predicted molar refractivity (Wildman–Crippen MR) is 72.0 cm³/mol. The van der Waals surface area contributed by atoms with Gasteiger partial charge < -0.3 is 10.0 Å². The topological polar surface area (TPSA) is 23.5 Å². The van der Waals surface area contributed by atoms with E-state index in [0.29, 0.717) is 5.92 Å². The fourth-order valence-electron chi connectivity index (χ4n) is 3.59. The second-order valence-electron chi connectivity index (χ2n) is 6.24. The molecule has 1 saturated heterocycles. The molecule has 0 aromatic heterocycles. The van der Waals surface area contributed by atoms with E-state index in [1.165, 1.54) is 64.5 Å². The lowest BCUT2D eigenvalue weighted by atomic mass is 9.93. The van der Waals surface area contributed by atoms with Crippen LogP contribution in [0, 0.1) is 11.8 Å². The second kappa shape index (κ2) is 6.75. The summed E-state index contributed by atoms with van der Waals surface area (Å²) in [5, 5.41) is 9.67. The van der Waals surface area contributed by atoms with Gasteiger partial charge in [-0.25, -0.2) is 0 Å². The van der Waals surface area contributed by atoms with Gasteiger partial charge in [-0.3, -0.25) is 0 Å². The molecule has 2 heteroatoms. The van der Waals surface area contributed by atoms with Crippen molar-refractivity contribution in [3.63, 3.8) is 0 Å². The first-order chi connectivity index (χ1) is 8.25. The Labute approximate surface area is 106 Å². The minimum atomic E-state index is -0.118. The number of piperidine rings is 1. The lowest BCUT2D eigenvalue weighted by molar-refractivity contribution is 0.0618. The van der Waals surface area contributed by atoms with Crippen LogP contribution in [0.4, 0.5) is 0 Å². The fourth-order valence-corrected chi connectivity index (χ4v) is 3.59. The van der Waals surface area contributed by atoms with Crippen molar-refractivity contribution >= 4 is 0 Å². The molecule has 0 bridgehead atoms. The van der Waals surface area contributed by atoms with Crippen LogP contribution in [0.5, 0.6) is 0 Å². The third-order valence-electron chi connectivity index (χ3n) is 4.79. The van der Waals surface area contributed by atoms with Gasteiger partial charge in [0.05, 0.1) is 6.10 Å². The van der Waals surface area contributed by atoms with Crippen molar-refractivity contribution in [2.45, 2.75) is 64.4 Å². The highest BCUT2D eigenvalue weighted by Gasteiger charge is 2.23. The Morgan fingerprint density at radius 1 is 1.18 bits per heavy atom. The minimum absolute atomic E-state index is 0.118. The molecule has 1 N–H and O–H groups in total. The summed E-state index contributed by atoms with van der Waals surface area (Å²) in [6.45, 7) is 5.60. The van der Waals surface area contributed by atoms with Gasteiger partial charge in [0, 0.05) is 6.54 Å². The average molecular weight is 239 g/mol. The summed E-state index contributed by atoms with van der Waals surface area (Å²) >= 11 is 0. The lowest BCUT2D eigenvalue weighted by Crippen LogP contribution is -2.39. The van der Waals surface area contributed by atoms with Crippen LogP contribution < -0.4 is 0 Å². The molecular weight excluding hydrogens is 210 g/mol. The number of rotatable bonds is 5. The number of likely N-dealkylation sites (tertiary alicyclic amines) is 1. The smallest absolute Gasteiger partial charge is 0.0552 e. The fraction of sp³-hybridized carbons (Fsp3) is 1.00. The van der Waals surface area contributed by atoms with E-state index in [0.717, 1.165) is 12.5 Å². The van der Waals surface area contributed by atoms with Gasteiger partial charge in [0.25, 0.3) is 0 Å². The molecule has 17 heavy (non-hydrogen) atoms. The first kappa shape index (κ1) is 13.4. The van der Waals surface area contributed by atoms with E-state index in [1.54, 1.807) is 0 Å². The van der Waals surface area contributed by atoms with Gasteiger partial charge in [0.2, 0.25) is 0 Å². The van der Waals surface area contributed by atoms with Crippen molar-refractivity contribution in [3.05, 3.63) is 0 Å². The highest BCUT2D eigenvalue weighted by Crippen LogP contribution is 2.29. The Kier molecular flexibility index (Phi) is 5.30. The summed E-state index contributed by atoms with van der Waals surface area (Å²) in [4.78, 5) is 2.58. The van der Waals surface area contributed by atoms with Crippen LogP contribution in [0.2, 0.25) is 0 Å². The maximum absolute atomic E-state index is 9.67. The van der Waals surface area contributed by atoms with Crippen LogP contribution in [-0.4, -0.2) is 35.7 Å². The zero-order chi connectivity index (χ0) is 12.1. The van der Waals surface area contributed by atoms with Crippen LogP contribution in [0.25, 0.3) is 0 Å². The van der Waals surface area contributed by atoms with Crippen molar-refractivity contribution in [3.8, 4) is 0 Å². The summed E-state index contributed by atoms with van der Waals surface area (Å²) in [7, 11) is 0. The van der Waals surface area contributed by atoms with Crippen LogP contribution in [0.3, 0.4) is 0 Å². The maximum Gasteiger partial charge on any atom is 0.0552 e.